The minimum absolute atomic E-state index is 0.0421. The Balaban J connectivity index is 4.51. The fourth-order valence-electron chi connectivity index (χ4n) is 3.83. The first-order valence-electron chi connectivity index (χ1n) is 16.4. The molecule has 4 N–H and O–H groups in total. The van der Waals surface area contributed by atoms with E-state index in [9.17, 15) is 42.9 Å². The number of urea groups is 1. The summed E-state index contributed by atoms with van der Waals surface area (Å²) in [5.74, 6) is -1.54. The van der Waals surface area contributed by atoms with Gasteiger partial charge in [-0.3, -0.25) is 37.3 Å². The van der Waals surface area contributed by atoms with Crippen molar-refractivity contribution < 1.29 is 79.9 Å². The summed E-state index contributed by atoms with van der Waals surface area (Å²) < 4.78 is 65.5. The topological polar surface area (TPSA) is 264 Å². The number of ether oxygens (including phenoxy) is 4. The number of phosphoric acid groups is 2. The highest BCUT2D eigenvalue weighted by atomic mass is 31.2. The van der Waals surface area contributed by atoms with Gasteiger partial charge in [-0.15, -0.1) is 0 Å². The predicted molar refractivity (Wildman–Crippen MR) is 183 cm³/mol. The van der Waals surface area contributed by atoms with E-state index in [1.807, 2.05) is 0 Å². The molecule has 0 bridgehead atoms. The second-order valence-electron chi connectivity index (χ2n) is 11.5. The minimum Gasteiger partial charge on any atom is -0.463 e. The maximum Gasteiger partial charge on any atom is 0.472 e. The first-order chi connectivity index (χ1) is 24.2. The van der Waals surface area contributed by atoms with Crippen LogP contribution in [0.15, 0.2) is 0 Å². The molecule has 0 rings (SSSR count). The molecule has 0 radical (unpaired) electrons. The minimum atomic E-state index is -4.60. The van der Waals surface area contributed by atoms with E-state index in [0.29, 0.717) is 12.8 Å². The fourth-order valence-corrected chi connectivity index (χ4v) is 5.34. The van der Waals surface area contributed by atoms with Gasteiger partial charge in [-0.2, -0.15) is 0 Å². The van der Waals surface area contributed by atoms with E-state index in [2.05, 4.69) is 10.6 Å². The van der Waals surface area contributed by atoms with Crippen LogP contribution in [-0.4, -0.2) is 154 Å². The molecule has 23 heteroatoms. The summed E-state index contributed by atoms with van der Waals surface area (Å²) in [4.78, 5) is 80.4. The number of hydrogen-bond acceptors (Lipinski definition) is 15. The highest BCUT2D eigenvalue weighted by Gasteiger charge is 2.28. The van der Waals surface area contributed by atoms with E-state index in [0.717, 1.165) is 0 Å². The summed E-state index contributed by atoms with van der Waals surface area (Å²) >= 11 is 0. The third-order valence-corrected chi connectivity index (χ3v) is 8.89. The third kappa shape index (κ3) is 25.3. The largest absolute Gasteiger partial charge is 0.472 e. The molecule has 21 nitrogen and oxygen atoms in total. The van der Waals surface area contributed by atoms with E-state index in [1.165, 1.54) is 51.6 Å². The number of carbonyl (C=O) groups is 5. The number of amides is 4. The van der Waals surface area contributed by atoms with Crippen molar-refractivity contribution in [2.45, 2.75) is 78.7 Å². The van der Waals surface area contributed by atoms with Crippen LogP contribution in [0.4, 0.5) is 4.79 Å². The molecule has 0 fully saturated rings. The number of phosphoric ester groups is 2. The van der Waals surface area contributed by atoms with E-state index in [-0.39, 0.29) is 63.5 Å². The Bertz CT molecular complexity index is 1120. The van der Waals surface area contributed by atoms with Gasteiger partial charge < -0.3 is 49.2 Å². The van der Waals surface area contributed by atoms with Crippen molar-refractivity contribution >= 4 is 45.4 Å². The second kappa shape index (κ2) is 26.1. The Morgan fingerprint density at radius 3 is 1.25 bits per heavy atom. The number of likely N-dealkylation sites (N-methyl/N-ethyl adjacent to an activating group) is 2. The van der Waals surface area contributed by atoms with Crippen molar-refractivity contribution in [2.75, 3.05) is 80.0 Å². The zero-order chi connectivity index (χ0) is 39.9. The molecule has 52 heavy (non-hydrogen) atoms. The van der Waals surface area contributed by atoms with Crippen LogP contribution in [0.5, 0.6) is 0 Å². The average molecular weight is 795 g/mol. The number of hydrogen-bond donors (Lipinski definition) is 4. The van der Waals surface area contributed by atoms with Crippen molar-refractivity contribution in [1.82, 2.24) is 20.4 Å². The van der Waals surface area contributed by atoms with E-state index < -0.39 is 72.1 Å². The summed E-state index contributed by atoms with van der Waals surface area (Å²) in [5.41, 5.74) is 0. The van der Waals surface area contributed by atoms with Gasteiger partial charge in [0.2, 0.25) is 11.8 Å². The standard InChI is InChI=1S/C29H56N4O17P2/c1-21(49-25(5)36)9-13-43-17-27(32(7)23(3)34)19-47-51(39,40)45-15-11-30-29(38)31-12-16-46-52(41,42)48-20-28(33(8)24(4)35)18-44-14-10-22(2)50-26(6)37/h21-22,27-28H,9-20H2,1-8H3,(H,39,40)(H,41,42)(H2,30,31,38)/t21-,22-,27-,28-/m1/s1. The van der Waals surface area contributed by atoms with E-state index in [4.69, 9.17) is 37.0 Å². The molecule has 0 saturated heterocycles. The molecule has 0 aromatic rings. The van der Waals surface area contributed by atoms with Crippen LogP contribution < -0.4 is 10.6 Å². The third-order valence-electron chi connectivity index (χ3n) is 6.93. The van der Waals surface area contributed by atoms with Crippen molar-refractivity contribution in [3.63, 3.8) is 0 Å². The maximum absolute atomic E-state index is 12.3. The van der Waals surface area contributed by atoms with Gasteiger partial charge in [0.05, 0.1) is 64.9 Å². The highest BCUT2D eigenvalue weighted by Crippen LogP contribution is 2.43. The molecule has 0 aliphatic rings. The van der Waals surface area contributed by atoms with Crippen LogP contribution in [0.1, 0.15) is 54.4 Å². The quantitative estimate of drug-likeness (QED) is 0.0488. The van der Waals surface area contributed by atoms with Crippen molar-refractivity contribution in [2.24, 2.45) is 0 Å². The Hall–Kier alpha value is -2.71. The van der Waals surface area contributed by atoms with Crippen LogP contribution in [0.2, 0.25) is 0 Å². The van der Waals surface area contributed by atoms with Crippen LogP contribution in [-0.2, 0) is 65.4 Å². The number of nitrogens with one attached hydrogen (secondary N) is 2. The Kier molecular flexibility index (Phi) is 24.8. The van der Waals surface area contributed by atoms with Crippen molar-refractivity contribution in [3.05, 3.63) is 0 Å². The van der Waals surface area contributed by atoms with Crippen LogP contribution >= 0.6 is 15.6 Å². The lowest BCUT2D eigenvalue weighted by Crippen LogP contribution is -2.42. The normalized spacial score (nSPS) is 15.9. The predicted octanol–water partition coefficient (Wildman–Crippen LogP) is 0.963. The van der Waals surface area contributed by atoms with Crippen molar-refractivity contribution in [3.8, 4) is 0 Å². The molecule has 0 saturated carbocycles. The summed E-state index contributed by atoms with van der Waals surface area (Å²) in [6.07, 6.45) is 0.0223. The van der Waals surface area contributed by atoms with Crippen LogP contribution in [0.3, 0.4) is 0 Å². The van der Waals surface area contributed by atoms with Gasteiger partial charge in [-0.25, -0.2) is 13.9 Å². The summed E-state index contributed by atoms with van der Waals surface area (Å²) in [7, 11) is -6.26. The SMILES string of the molecule is CC(=O)O[C@H](C)CCOC[C@H](COP(=O)(O)OCCNC(=O)NCCOP(=O)(O)OC[C@@H](COCC[C@@H](C)OC(C)=O)N(C)C(C)=O)N(C)C(C)=O. The van der Waals surface area contributed by atoms with Gasteiger partial charge in [0.15, 0.2) is 0 Å². The molecule has 0 heterocycles. The zero-order valence-electron chi connectivity index (χ0n) is 31.1. The lowest BCUT2D eigenvalue weighted by atomic mass is 10.3. The lowest BCUT2D eigenvalue weighted by Gasteiger charge is -2.27. The van der Waals surface area contributed by atoms with Crippen molar-refractivity contribution in [1.29, 1.82) is 0 Å². The van der Waals surface area contributed by atoms with Gasteiger partial charge in [0.1, 0.15) is 12.2 Å². The molecule has 4 amide bonds. The van der Waals surface area contributed by atoms with Crippen LogP contribution in [0, 0.1) is 0 Å². The Labute approximate surface area is 304 Å². The lowest BCUT2D eigenvalue weighted by molar-refractivity contribution is -0.147. The first-order valence-corrected chi connectivity index (χ1v) is 19.4. The average Bonchev–Trinajstić information content (AvgIpc) is 3.03. The van der Waals surface area contributed by atoms with Crippen LogP contribution in [0.25, 0.3) is 0 Å². The van der Waals surface area contributed by atoms with Gasteiger partial charge in [-0.05, 0) is 13.8 Å². The molecule has 0 aliphatic heterocycles. The Morgan fingerprint density at radius 2 is 0.942 bits per heavy atom. The van der Waals surface area contributed by atoms with Gasteiger partial charge >= 0.3 is 33.6 Å². The molecule has 2 unspecified atom stereocenters. The molecule has 0 aromatic carbocycles. The first kappa shape index (κ1) is 49.3. The summed E-state index contributed by atoms with van der Waals surface area (Å²) in [6, 6.07) is -2.23. The summed E-state index contributed by atoms with van der Waals surface area (Å²) in [5, 5.41) is 4.70. The fraction of sp³-hybridized carbons (Fsp3) is 0.828. The van der Waals surface area contributed by atoms with Gasteiger partial charge in [0.25, 0.3) is 0 Å². The van der Waals surface area contributed by atoms with Gasteiger partial charge in [0, 0.05) is 67.7 Å². The molecule has 0 aliphatic carbocycles. The van der Waals surface area contributed by atoms with Gasteiger partial charge in [-0.1, -0.05) is 0 Å². The number of rotatable bonds is 28. The molecule has 0 spiro atoms. The Morgan fingerprint density at radius 1 is 0.596 bits per heavy atom. The second-order valence-corrected chi connectivity index (χ2v) is 14.4. The monoisotopic (exact) mass is 794 g/mol. The molecular weight excluding hydrogens is 738 g/mol. The highest BCUT2D eigenvalue weighted by molar-refractivity contribution is 7.47. The summed E-state index contributed by atoms with van der Waals surface area (Å²) in [6.45, 7) is 6.74. The molecule has 304 valence electrons. The number of nitrogens with zero attached hydrogens (tertiary/aromatic N) is 2. The smallest absolute Gasteiger partial charge is 0.463 e. The zero-order valence-corrected chi connectivity index (χ0v) is 32.9. The maximum atomic E-state index is 12.3. The molecular formula is C29H56N4O17P2. The van der Waals surface area contributed by atoms with E-state index in [1.54, 1.807) is 13.8 Å². The number of carbonyl (C=O) groups excluding carboxylic acids is 5. The number of esters is 2. The molecule has 0 aromatic heterocycles. The van der Waals surface area contributed by atoms with E-state index >= 15 is 0 Å². The molecule has 6 atom stereocenters.